The maximum Gasteiger partial charge on any atom is 0.324 e. The zero-order valence-electron chi connectivity index (χ0n) is 15.6. The molecule has 0 saturated carbocycles. The minimum atomic E-state index is -4.14. The van der Waals surface area contributed by atoms with Gasteiger partial charge in [0.2, 0.25) is 10.0 Å². The summed E-state index contributed by atoms with van der Waals surface area (Å²) in [4.78, 5) is 35.6. The Morgan fingerprint density at radius 2 is 1.80 bits per heavy atom. The van der Waals surface area contributed by atoms with E-state index >= 15 is 0 Å². The Balaban J connectivity index is 2.05. The van der Waals surface area contributed by atoms with Gasteiger partial charge in [0.25, 0.3) is 11.8 Å². The number of carbonyl (C=O) groups is 3. The van der Waals surface area contributed by atoms with Crippen LogP contribution in [0.25, 0.3) is 0 Å². The highest BCUT2D eigenvalue weighted by molar-refractivity contribution is 7.89. The highest BCUT2D eigenvalue weighted by atomic mass is 35.5. The van der Waals surface area contributed by atoms with E-state index in [-0.39, 0.29) is 23.6 Å². The lowest BCUT2D eigenvalue weighted by Gasteiger charge is -2.22. The van der Waals surface area contributed by atoms with Gasteiger partial charge in [0.05, 0.1) is 18.0 Å². The molecule has 0 spiro atoms. The Kier molecular flexibility index (Phi) is 5.78. The van der Waals surface area contributed by atoms with Crippen molar-refractivity contribution in [2.45, 2.75) is 23.4 Å². The molecule has 14 heteroatoms. The maximum atomic E-state index is 13.1. The normalized spacial score (nSPS) is 19.5. The number of ether oxygens (including phenoxy) is 1. The Labute approximate surface area is 175 Å². The number of hydrogen-bond acceptors (Lipinski definition) is 8. The van der Waals surface area contributed by atoms with Crippen molar-refractivity contribution in [1.29, 1.82) is 0 Å². The van der Waals surface area contributed by atoms with Gasteiger partial charge < -0.3 is 16.2 Å². The molecule has 2 atom stereocenters. The standard InChI is InChI=1S/C16H17ClN6O6S/c1-29-16(26)11-6-9(23-13(15(19)25)12(14(18)24)20-21-23)7-22(11)30(27,28)10-4-2-8(17)3-5-10/h2-5,9,11H,6-7H2,1H3,(H2,18,24)(H2,19,25)/t9-,11+/m0/s1. The first-order valence-corrected chi connectivity index (χ1v) is 10.3. The zero-order chi connectivity index (χ0) is 22.2. The fraction of sp³-hybridized carbons (Fsp3) is 0.312. The van der Waals surface area contributed by atoms with E-state index in [2.05, 4.69) is 10.3 Å². The number of rotatable bonds is 6. The van der Waals surface area contributed by atoms with E-state index in [9.17, 15) is 22.8 Å². The van der Waals surface area contributed by atoms with Crippen LogP contribution in [-0.2, 0) is 19.6 Å². The number of primary amides is 2. The quantitative estimate of drug-likeness (QED) is 0.535. The second-order valence-corrected chi connectivity index (χ2v) is 8.74. The smallest absolute Gasteiger partial charge is 0.324 e. The number of aromatic nitrogens is 3. The monoisotopic (exact) mass is 456 g/mol. The molecular formula is C16H17ClN6O6S. The molecule has 1 fully saturated rings. The third-order valence-electron chi connectivity index (χ3n) is 4.63. The number of carbonyl (C=O) groups excluding carboxylic acids is 3. The van der Waals surface area contributed by atoms with E-state index in [1.165, 1.54) is 24.3 Å². The van der Waals surface area contributed by atoms with Gasteiger partial charge in [0.15, 0.2) is 11.4 Å². The molecule has 160 valence electrons. The van der Waals surface area contributed by atoms with Crippen LogP contribution in [-0.4, -0.2) is 65.2 Å². The summed E-state index contributed by atoms with van der Waals surface area (Å²) < 4.78 is 33.0. The molecule has 1 aromatic carbocycles. The van der Waals surface area contributed by atoms with Crippen molar-refractivity contribution in [3.63, 3.8) is 0 Å². The topological polar surface area (TPSA) is 181 Å². The highest BCUT2D eigenvalue weighted by Crippen LogP contribution is 2.34. The molecule has 0 unspecified atom stereocenters. The molecule has 2 heterocycles. The molecule has 1 aliphatic rings. The molecule has 0 radical (unpaired) electrons. The first-order valence-electron chi connectivity index (χ1n) is 8.48. The van der Waals surface area contributed by atoms with Crippen molar-refractivity contribution in [3.05, 3.63) is 40.7 Å². The first kappa shape index (κ1) is 21.7. The average Bonchev–Trinajstić information content (AvgIpc) is 3.32. The number of nitrogens with zero attached hydrogens (tertiary/aromatic N) is 4. The van der Waals surface area contributed by atoms with Gasteiger partial charge in [-0.2, -0.15) is 4.31 Å². The number of sulfonamides is 1. The number of esters is 1. The van der Waals surface area contributed by atoms with Crippen molar-refractivity contribution in [2.24, 2.45) is 11.5 Å². The van der Waals surface area contributed by atoms with Gasteiger partial charge in [-0.25, -0.2) is 13.1 Å². The summed E-state index contributed by atoms with van der Waals surface area (Å²) >= 11 is 5.82. The molecule has 1 aromatic heterocycles. The second kappa shape index (κ2) is 8.01. The van der Waals surface area contributed by atoms with Gasteiger partial charge in [-0.15, -0.1) is 5.10 Å². The van der Waals surface area contributed by atoms with E-state index in [1.807, 2.05) is 0 Å². The van der Waals surface area contributed by atoms with Crippen molar-refractivity contribution in [3.8, 4) is 0 Å². The molecule has 1 saturated heterocycles. The summed E-state index contributed by atoms with van der Waals surface area (Å²) in [5.74, 6) is -2.85. The molecule has 12 nitrogen and oxygen atoms in total. The third-order valence-corrected chi connectivity index (χ3v) is 6.78. The predicted molar refractivity (Wildman–Crippen MR) is 102 cm³/mol. The molecule has 4 N–H and O–H groups in total. The molecule has 3 rings (SSSR count). The Morgan fingerprint density at radius 3 is 2.33 bits per heavy atom. The van der Waals surface area contributed by atoms with Crippen LogP contribution in [0.1, 0.15) is 33.4 Å². The first-order chi connectivity index (χ1) is 14.1. The molecule has 0 bridgehead atoms. The third kappa shape index (κ3) is 3.74. The Bertz CT molecular complexity index is 1120. The Morgan fingerprint density at radius 1 is 1.17 bits per heavy atom. The van der Waals surface area contributed by atoms with E-state index in [0.29, 0.717) is 5.02 Å². The van der Waals surface area contributed by atoms with Gasteiger partial charge >= 0.3 is 5.97 Å². The van der Waals surface area contributed by atoms with Crippen LogP contribution >= 0.6 is 11.6 Å². The van der Waals surface area contributed by atoms with Crippen LogP contribution in [0.5, 0.6) is 0 Å². The summed E-state index contributed by atoms with van der Waals surface area (Å²) in [6.45, 7) is -0.257. The number of nitrogens with two attached hydrogens (primary N) is 2. The average molecular weight is 457 g/mol. The largest absolute Gasteiger partial charge is 0.468 e. The minimum Gasteiger partial charge on any atom is -0.468 e. The minimum absolute atomic E-state index is 0.0898. The van der Waals surface area contributed by atoms with Gasteiger partial charge in [0, 0.05) is 11.6 Å². The van der Waals surface area contributed by atoms with Crippen molar-refractivity contribution < 1.29 is 27.5 Å². The molecule has 0 aliphatic carbocycles. The summed E-state index contributed by atoms with van der Waals surface area (Å²) in [7, 11) is -3.02. The number of amides is 2. The molecule has 1 aliphatic heterocycles. The lowest BCUT2D eigenvalue weighted by atomic mass is 10.1. The maximum absolute atomic E-state index is 13.1. The molecule has 30 heavy (non-hydrogen) atoms. The van der Waals surface area contributed by atoms with E-state index in [0.717, 1.165) is 16.1 Å². The fourth-order valence-corrected chi connectivity index (χ4v) is 5.02. The summed E-state index contributed by atoms with van der Waals surface area (Å²) in [6.07, 6.45) is -0.0959. The van der Waals surface area contributed by atoms with Crippen LogP contribution in [0.3, 0.4) is 0 Å². The van der Waals surface area contributed by atoms with Crippen molar-refractivity contribution in [1.82, 2.24) is 19.3 Å². The number of benzene rings is 1. The van der Waals surface area contributed by atoms with Gasteiger partial charge in [-0.3, -0.25) is 14.4 Å². The van der Waals surface area contributed by atoms with Crippen LogP contribution in [0.15, 0.2) is 29.2 Å². The molecular weight excluding hydrogens is 440 g/mol. The van der Waals surface area contributed by atoms with E-state index in [4.69, 9.17) is 27.8 Å². The number of hydrogen-bond donors (Lipinski definition) is 2. The van der Waals surface area contributed by atoms with Crippen molar-refractivity contribution in [2.75, 3.05) is 13.7 Å². The van der Waals surface area contributed by atoms with Crippen LogP contribution in [0.4, 0.5) is 0 Å². The van der Waals surface area contributed by atoms with Crippen LogP contribution in [0.2, 0.25) is 5.02 Å². The van der Waals surface area contributed by atoms with Gasteiger partial charge in [-0.05, 0) is 30.7 Å². The van der Waals surface area contributed by atoms with Gasteiger partial charge in [-0.1, -0.05) is 16.8 Å². The SMILES string of the molecule is COC(=O)[C@H]1C[C@H](n2nnc(C(N)=O)c2C(N)=O)CN1S(=O)(=O)c1ccc(Cl)cc1. The summed E-state index contributed by atoms with van der Waals surface area (Å²) in [6, 6.07) is 3.36. The summed E-state index contributed by atoms with van der Waals surface area (Å²) in [5.41, 5.74) is 9.70. The lowest BCUT2D eigenvalue weighted by molar-refractivity contribution is -0.144. The number of methoxy groups -OCH3 is 1. The number of halogens is 1. The van der Waals surface area contributed by atoms with Crippen LogP contribution in [0, 0.1) is 0 Å². The van der Waals surface area contributed by atoms with E-state index in [1.54, 1.807) is 0 Å². The molecule has 2 aromatic rings. The fourth-order valence-electron chi connectivity index (χ4n) is 3.26. The van der Waals surface area contributed by atoms with Gasteiger partial charge in [0.1, 0.15) is 6.04 Å². The van der Waals surface area contributed by atoms with E-state index < -0.39 is 45.6 Å². The Hall–Kier alpha value is -3.03. The highest BCUT2D eigenvalue weighted by Gasteiger charge is 2.46. The zero-order valence-corrected chi connectivity index (χ0v) is 17.1. The summed E-state index contributed by atoms with van der Waals surface area (Å²) in [5, 5.41) is 7.64. The second-order valence-electron chi connectivity index (χ2n) is 6.42. The predicted octanol–water partition coefficient (Wildman–Crippen LogP) is -0.693. The lowest BCUT2D eigenvalue weighted by Crippen LogP contribution is -2.41. The molecule has 2 amide bonds. The van der Waals surface area contributed by atoms with Crippen molar-refractivity contribution >= 4 is 39.4 Å². The van der Waals surface area contributed by atoms with Crippen LogP contribution < -0.4 is 11.5 Å².